The average Bonchev–Trinajstić information content (AvgIpc) is 2.37. The molecular formula is C12H10F5O. The van der Waals surface area contributed by atoms with Gasteiger partial charge in [-0.1, -0.05) is 19.1 Å². The van der Waals surface area contributed by atoms with Crippen LogP contribution in [0, 0.1) is 36.0 Å². The van der Waals surface area contributed by atoms with Crippen LogP contribution in [0.4, 0.5) is 22.0 Å². The molecule has 0 saturated carbocycles. The maximum absolute atomic E-state index is 13.2. The molecule has 18 heavy (non-hydrogen) atoms. The summed E-state index contributed by atoms with van der Waals surface area (Å²) >= 11 is 0. The van der Waals surface area contributed by atoms with Crippen molar-refractivity contribution in [1.29, 1.82) is 0 Å². The molecule has 99 valence electrons. The van der Waals surface area contributed by atoms with E-state index in [4.69, 9.17) is 4.74 Å². The maximum atomic E-state index is 13.2. The van der Waals surface area contributed by atoms with Gasteiger partial charge in [-0.25, -0.2) is 22.0 Å². The lowest BCUT2D eigenvalue weighted by Crippen LogP contribution is -2.04. The van der Waals surface area contributed by atoms with Crippen molar-refractivity contribution in [3.05, 3.63) is 47.6 Å². The number of ether oxygens (including phenoxy) is 1. The Morgan fingerprint density at radius 3 is 1.89 bits per heavy atom. The number of hydrogen-bond donors (Lipinski definition) is 0. The van der Waals surface area contributed by atoms with Gasteiger partial charge in [-0.05, 0) is 6.42 Å². The van der Waals surface area contributed by atoms with E-state index >= 15 is 0 Å². The second-order valence-corrected chi connectivity index (χ2v) is 3.31. The third kappa shape index (κ3) is 3.07. The zero-order valence-electron chi connectivity index (χ0n) is 9.28. The van der Waals surface area contributed by atoms with Crippen LogP contribution in [0.15, 0.2) is 6.08 Å². The first-order valence-electron chi connectivity index (χ1n) is 5.05. The highest BCUT2D eigenvalue weighted by atomic mass is 19.2. The Kier molecular flexibility index (Phi) is 5.27. The van der Waals surface area contributed by atoms with Gasteiger partial charge in [0.2, 0.25) is 5.82 Å². The van der Waals surface area contributed by atoms with Gasteiger partial charge in [0.25, 0.3) is 0 Å². The first-order valence-corrected chi connectivity index (χ1v) is 5.05. The quantitative estimate of drug-likeness (QED) is 0.342. The number of rotatable bonds is 5. The minimum Gasteiger partial charge on any atom is -0.377 e. The molecule has 1 nitrogen and oxygen atoms in total. The van der Waals surface area contributed by atoms with Gasteiger partial charge in [0.15, 0.2) is 23.3 Å². The van der Waals surface area contributed by atoms with Crippen molar-refractivity contribution in [2.24, 2.45) is 0 Å². The number of hydrogen-bond acceptors (Lipinski definition) is 1. The molecule has 0 aromatic heterocycles. The fourth-order valence-electron chi connectivity index (χ4n) is 1.19. The normalized spacial score (nSPS) is 11.4. The fraction of sp³-hybridized carbons (Fsp3) is 0.250. The molecule has 0 unspecified atom stereocenters. The number of benzene rings is 1. The Hall–Kier alpha value is -1.43. The van der Waals surface area contributed by atoms with Gasteiger partial charge < -0.3 is 4.74 Å². The summed E-state index contributed by atoms with van der Waals surface area (Å²) in [6.45, 7) is 3.82. The lowest BCUT2D eigenvalue weighted by molar-refractivity contribution is 0.167. The van der Waals surface area contributed by atoms with E-state index in [1.165, 1.54) is 0 Å². The molecule has 0 bridgehead atoms. The predicted molar refractivity (Wildman–Crippen MR) is 56.1 cm³/mol. The smallest absolute Gasteiger partial charge is 0.200 e. The molecule has 0 amide bonds. The highest BCUT2D eigenvalue weighted by Gasteiger charge is 2.23. The van der Waals surface area contributed by atoms with Gasteiger partial charge in [-0.3, -0.25) is 0 Å². The van der Waals surface area contributed by atoms with Crippen molar-refractivity contribution < 1.29 is 26.7 Å². The Labute approximate surface area is 101 Å². The molecule has 0 atom stereocenters. The van der Waals surface area contributed by atoms with E-state index < -0.39 is 34.6 Å². The van der Waals surface area contributed by atoms with Gasteiger partial charge in [0, 0.05) is 6.61 Å². The molecule has 1 radical (unpaired) electrons. The highest BCUT2D eigenvalue weighted by Crippen LogP contribution is 2.23. The molecule has 1 rings (SSSR count). The van der Waals surface area contributed by atoms with Crippen LogP contribution < -0.4 is 0 Å². The first-order chi connectivity index (χ1) is 8.50. The molecule has 0 aliphatic heterocycles. The van der Waals surface area contributed by atoms with Crippen molar-refractivity contribution in [2.75, 3.05) is 13.2 Å². The maximum Gasteiger partial charge on any atom is 0.200 e. The Morgan fingerprint density at radius 2 is 1.39 bits per heavy atom. The number of halogens is 5. The van der Waals surface area contributed by atoms with Gasteiger partial charge in [-0.15, -0.1) is 0 Å². The second-order valence-electron chi connectivity index (χ2n) is 3.31. The monoisotopic (exact) mass is 265 g/mol. The van der Waals surface area contributed by atoms with Gasteiger partial charge in [-0.2, -0.15) is 0 Å². The van der Waals surface area contributed by atoms with Gasteiger partial charge in [0.1, 0.15) is 0 Å². The second kappa shape index (κ2) is 6.49. The van der Waals surface area contributed by atoms with Crippen LogP contribution in [-0.2, 0) is 4.74 Å². The summed E-state index contributed by atoms with van der Waals surface area (Å²) in [4.78, 5) is 0. The van der Waals surface area contributed by atoms with Crippen LogP contribution in [0.3, 0.4) is 0 Å². The lowest BCUT2D eigenvalue weighted by Gasteiger charge is -2.04. The topological polar surface area (TPSA) is 9.23 Å². The van der Waals surface area contributed by atoms with E-state index in [-0.39, 0.29) is 6.61 Å². The van der Waals surface area contributed by atoms with Crippen molar-refractivity contribution in [3.63, 3.8) is 0 Å². The van der Waals surface area contributed by atoms with Crippen molar-refractivity contribution in [1.82, 2.24) is 0 Å². The molecule has 0 aliphatic carbocycles. The molecule has 1 aromatic rings. The Morgan fingerprint density at radius 1 is 0.889 bits per heavy atom. The first kappa shape index (κ1) is 14.6. The third-order valence-corrected chi connectivity index (χ3v) is 2.03. The zero-order chi connectivity index (χ0) is 13.7. The van der Waals surface area contributed by atoms with Crippen molar-refractivity contribution >= 4 is 6.08 Å². The third-order valence-electron chi connectivity index (χ3n) is 2.03. The molecule has 0 N–H and O–H groups in total. The summed E-state index contributed by atoms with van der Waals surface area (Å²) in [7, 11) is 0. The fourth-order valence-corrected chi connectivity index (χ4v) is 1.19. The van der Waals surface area contributed by atoms with Crippen LogP contribution in [0.25, 0.3) is 6.08 Å². The summed E-state index contributed by atoms with van der Waals surface area (Å²) in [6.07, 6.45) is 2.46. The minimum atomic E-state index is -2.17. The van der Waals surface area contributed by atoms with Gasteiger partial charge >= 0.3 is 0 Å². The SMILES string of the molecule is [CH2]CCOC/C=C/c1c(F)c(F)c(F)c(F)c1F. The van der Waals surface area contributed by atoms with Crippen LogP contribution in [0.2, 0.25) is 0 Å². The van der Waals surface area contributed by atoms with E-state index in [0.29, 0.717) is 13.0 Å². The van der Waals surface area contributed by atoms with E-state index in [0.717, 1.165) is 12.2 Å². The summed E-state index contributed by atoms with van der Waals surface area (Å²) in [5.74, 6) is -9.82. The summed E-state index contributed by atoms with van der Waals surface area (Å²) in [6, 6.07) is 0. The summed E-state index contributed by atoms with van der Waals surface area (Å²) < 4.78 is 69.5. The van der Waals surface area contributed by atoms with Crippen LogP contribution >= 0.6 is 0 Å². The molecular weight excluding hydrogens is 255 g/mol. The summed E-state index contributed by atoms with van der Waals surface area (Å²) in [5.41, 5.74) is -0.982. The highest BCUT2D eigenvalue weighted by molar-refractivity contribution is 5.51. The molecule has 6 heteroatoms. The van der Waals surface area contributed by atoms with E-state index in [9.17, 15) is 22.0 Å². The van der Waals surface area contributed by atoms with Crippen LogP contribution in [-0.4, -0.2) is 13.2 Å². The Bertz CT molecular complexity index is 427. The molecule has 0 saturated heterocycles. The van der Waals surface area contributed by atoms with E-state index in [2.05, 4.69) is 6.92 Å². The minimum absolute atomic E-state index is 0.00495. The van der Waals surface area contributed by atoms with E-state index in [1.807, 2.05) is 0 Å². The van der Waals surface area contributed by atoms with Gasteiger partial charge in [0.05, 0.1) is 12.2 Å². The summed E-state index contributed by atoms with van der Waals surface area (Å²) in [5, 5.41) is 0. The zero-order valence-corrected chi connectivity index (χ0v) is 9.28. The van der Waals surface area contributed by atoms with Crippen molar-refractivity contribution in [3.8, 4) is 0 Å². The van der Waals surface area contributed by atoms with E-state index in [1.54, 1.807) is 0 Å². The molecule has 0 aliphatic rings. The standard InChI is InChI=1S/C12H10F5O/c1-2-5-18-6-3-4-7-8(13)10(15)12(17)11(16)9(7)14/h3-4H,1-2,5-6H2/b4-3+. The molecule has 0 fully saturated rings. The van der Waals surface area contributed by atoms with Crippen LogP contribution in [0.1, 0.15) is 12.0 Å². The average molecular weight is 265 g/mol. The molecule has 0 spiro atoms. The lowest BCUT2D eigenvalue weighted by atomic mass is 10.1. The van der Waals surface area contributed by atoms with Crippen molar-refractivity contribution in [2.45, 2.75) is 6.42 Å². The molecule has 0 heterocycles. The Balaban J connectivity index is 2.96. The predicted octanol–water partition coefficient (Wildman–Crippen LogP) is 3.64. The van der Waals surface area contributed by atoms with Crippen LogP contribution in [0.5, 0.6) is 0 Å². The largest absolute Gasteiger partial charge is 0.377 e. The molecule has 1 aromatic carbocycles.